The summed E-state index contributed by atoms with van der Waals surface area (Å²) in [6, 6.07) is 13.3. The normalized spacial score (nSPS) is 10.4. The number of nitrogens with one attached hydrogen (secondary N) is 2. The van der Waals surface area contributed by atoms with Gasteiger partial charge in [-0.2, -0.15) is 0 Å². The van der Waals surface area contributed by atoms with Gasteiger partial charge in [0.1, 0.15) is 11.5 Å². The van der Waals surface area contributed by atoms with Gasteiger partial charge >= 0.3 is 0 Å². The fourth-order valence-electron chi connectivity index (χ4n) is 2.20. The molecule has 1 amide bonds. The van der Waals surface area contributed by atoms with Crippen molar-refractivity contribution in [2.75, 3.05) is 10.6 Å². The van der Waals surface area contributed by atoms with Gasteiger partial charge in [0.2, 0.25) is 0 Å². The number of pyridine rings is 1. The van der Waals surface area contributed by atoms with E-state index in [1.54, 1.807) is 25.3 Å². The van der Waals surface area contributed by atoms with Crippen LogP contribution in [0.1, 0.15) is 28.7 Å². The summed E-state index contributed by atoms with van der Waals surface area (Å²) in [4.78, 5) is 16.3. The molecule has 2 aromatic heterocycles. The van der Waals surface area contributed by atoms with Gasteiger partial charge in [-0.25, -0.2) is 4.98 Å². The van der Waals surface area contributed by atoms with E-state index in [0.29, 0.717) is 17.3 Å². The van der Waals surface area contributed by atoms with Crippen molar-refractivity contribution in [2.45, 2.75) is 20.3 Å². The van der Waals surface area contributed by atoms with Crippen LogP contribution in [0.25, 0.3) is 0 Å². The number of aromatic nitrogens is 2. The molecule has 0 saturated heterocycles. The largest absolute Gasteiger partial charge is 0.360 e. The number of nitrogens with zero attached hydrogens (tertiary/aromatic N) is 2. The molecule has 0 atom stereocenters. The molecular formula is C18H18N4O2. The van der Waals surface area contributed by atoms with E-state index in [9.17, 15) is 4.79 Å². The molecule has 24 heavy (non-hydrogen) atoms. The Morgan fingerprint density at radius 1 is 1.12 bits per heavy atom. The second-order valence-electron chi connectivity index (χ2n) is 5.38. The fraction of sp³-hybridized carbons (Fsp3) is 0.167. The van der Waals surface area contributed by atoms with Crippen molar-refractivity contribution in [3.63, 3.8) is 0 Å². The van der Waals surface area contributed by atoms with E-state index >= 15 is 0 Å². The number of hydrogen-bond acceptors (Lipinski definition) is 5. The van der Waals surface area contributed by atoms with E-state index in [0.717, 1.165) is 17.8 Å². The number of amides is 1. The van der Waals surface area contributed by atoms with Crippen LogP contribution >= 0.6 is 0 Å². The first kappa shape index (κ1) is 15.7. The minimum absolute atomic E-state index is 0.308. The zero-order chi connectivity index (χ0) is 16.9. The number of hydrogen-bond donors (Lipinski definition) is 2. The van der Waals surface area contributed by atoms with Crippen LogP contribution in [-0.4, -0.2) is 16.0 Å². The van der Waals surface area contributed by atoms with E-state index in [-0.39, 0.29) is 5.91 Å². The topological polar surface area (TPSA) is 80.0 Å². The maximum absolute atomic E-state index is 12.1. The number of rotatable bonds is 5. The highest BCUT2D eigenvalue weighted by molar-refractivity contribution is 6.02. The van der Waals surface area contributed by atoms with Gasteiger partial charge in [-0.15, -0.1) is 0 Å². The average molecular weight is 322 g/mol. The van der Waals surface area contributed by atoms with Gasteiger partial charge in [0, 0.05) is 11.8 Å². The van der Waals surface area contributed by atoms with Crippen LogP contribution in [0.2, 0.25) is 0 Å². The van der Waals surface area contributed by atoms with Gasteiger partial charge in [0.25, 0.3) is 5.91 Å². The number of benzene rings is 1. The summed E-state index contributed by atoms with van der Waals surface area (Å²) in [6.45, 7) is 3.88. The molecule has 2 N–H and O–H groups in total. The van der Waals surface area contributed by atoms with Crippen molar-refractivity contribution < 1.29 is 9.32 Å². The molecule has 3 rings (SSSR count). The van der Waals surface area contributed by atoms with Crippen molar-refractivity contribution in [3.8, 4) is 0 Å². The number of aryl methyl sites for hydroxylation is 2. The number of carbonyl (C=O) groups is 1. The van der Waals surface area contributed by atoms with E-state index in [2.05, 4.69) is 39.8 Å². The monoisotopic (exact) mass is 322 g/mol. The molecule has 0 spiro atoms. The summed E-state index contributed by atoms with van der Waals surface area (Å²) < 4.78 is 4.91. The first-order chi connectivity index (χ1) is 11.6. The lowest BCUT2D eigenvalue weighted by Crippen LogP contribution is -2.13. The third-order valence-corrected chi connectivity index (χ3v) is 3.52. The van der Waals surface area contributed by atoms with E-state index in [1.807, 2.05) is 18.2 Å². The highest BCUT2D eigenvalue weighted by atomic mass is 16.5. The SMILES string of the molecule is CCc1ccc(Nc2ccc(C(=O)Nc3cc(C)on3)nc2)cc1. The molecule has 1 aromatic carbocycles. The third-order valence-electron chi connectivity index (χ3n) is 3.52. The maximum Gasteiger partial charge on any atom is 0.275 e. The van der Waals surface area contributed by atoms with Crippen LogP contribution in [0.5, 0.6) is 0 Å². The quantitative estimate of drug-likeness (QED) is 0.744. The molecule has 0 saturated carbocycles. The van der Waals surface area contributed by atoms with Gasteiger partial charge in [0.05, 0.1) is 11.9 Å². The Hall–Kier alpha value is -3.15. The zero-order valence-corrected chi connectivity index (χ0v) is 13.5. The van der Waals surface area contributed by atoms with Crippen molar-refractivity contribution in [1.82, 2.24) is 10.1 Å². The summed E-state index contributed by atoms with van der Waals surface area (Å²) in [5, 5.41) is 9.61. The fourth-order valence-corrected chi connectivity index (χ4v) is 2.20. The number of carbonyl (C=O) groups excluding carboxylic acids is 1. The van der Waals surface area contributed by atoms with Gasteiger partial charge in [-0.05, 0) is 43.2 Å². The summed E-state index contributed by atoms with van der Waals surface area (Å²) in [5.41, 5.74) is 3.38. The van der Waals surface area contributed by atoms with Gasteiger partial charge in [0.15, 0.2) is 5.82 Å². The molecule has 122 valence electrons. The molecule has 0 radical (unpaired) electrons. The van der Waals surface area contributed by atoms with Crippen LogP contribution in [-0.2, 0) is 6.42 Å². The lowest BCUT2D eigenvalue weighted by Gasteiger charge is -2.07. The predicted octanol–water partition coefficient (Wildman–Crippen LogP) is 3.94. The Kier molecular flexibility index (Phi) is 4.56. The molecule has 6 nitrogen and oxygen atoms in total. The highest BCUT2D eigenvalue weighted by Crippen LogP contribution is 2.17. The Morgan fingerprint density at radius 2 is 1.88 bits per heavy atom. The second kappa shape index (κ2) is 6.95. The Balaban J connectivity index is 1.64. The van der Waals surface area contributed by atoms with Gasteiger partial charge in [-0.1, -0.05) is 24.2 Å². The third kappa shape index (κ3) is 3.78. The summed E-state index contributed by atoms with van der Waals surface area (Å²) in [7, 11) is 0. The molecule has 2 heterocycles. The van der Waals surface area contributed by atoms with E-state index in [1.165, 1.54) is 5.56 Å². The molecule has 0 unspecified atom stereocenters. The standard InChI is InChI=1S/C18H18N4O2/c1-3-13-4-6-14(7-5-13)20-15-8-9-16(19-11-15)18(23)21-17-10-12(2)24-22-17/h4-11,20H,3H2,1-2H3,(H,21,22,23). The van der Waals surface area contributed by atoms with Crippen LogP contribution in [0, 0.1) is 6.92 Å². The Labute approximate surface area is 139 Å². The van der Waals surface area contributed by atoms with Crippen molar-refractivity contribution in [1.29, 1.82) is 0 Å². The first-order valence-corrected chi connectivity index (χ1v) is 7.70. The van der Waals surface area contributed by atoms with Crippen molar-refractivity contribution in [3.05, 3.63) is 65.7 Å². The highest BCUT2D eigenvalue weighted by Gasteiger charge is 2.10. The first-order valence-electron chi connectivity index (χ1n) is 7.70. The van der Waals surface area contributed by atoms with Gasteiger partial charge < -0.3 is 15.2 Å². The summed E-state index contributed by atoms with van der Waals surface area (Å²) in [5.74, 6) is 0.673. The maximum atomic E-state index is 12.1. The van der Waals surface area contributed by atoms with E-state index < -0.39 is 0 Å². The predicted molar refractivity (Wildman–Crippen MR) is 92.5 cm³/mol. The lowest BCUT2D eigenvalue weighted by atomic mass is 10.1. The summed E-state index contributed by atoms with van der Waals surface area (Å²) in [6.07, 6.45) is 2.63. The lowest BCUT2D eigenvalue weighted by molar-refractivity contribution is 0.102. The van der Waals surface area contributed by atoms with Crippen LogP contribution in [0.4, 0.5) is 17.2 Å². The molecule has 0 aliphatic rings. The molecule has 0 aliphatic carbocycles. The van der Waals surface area contributed by atoms with E-state index in [4.69, 9.17) is 4.52 Å². The zero-order valence-electron chi connectivity index (χ0n) is 13.5. The van der Waals surface area contributed by atoms with Crippen LogP contribution < -0.4 is 10.6 Å². The minimum atomic E-state index is -0.331. The van der Waals surface area contributed by atoms with Crippen molar-refractivity contribution in [2.24, 2.45) is 0 Å². The molecule has 0 fully saturated rings. The molecule has 6 heteroatoms. The number of anilines is 3. The summed E-state index contributed by atoms with van der Waals surface area (Å²) >= 11 is 0. The molecular weight excluding hydrogens is 304 g/mol. The molecule has 0 bridgehead atoms. The Morgan fingerprint density at radius 3 is 2.46 bits per heavy atom. The Bertz CT molecular complexity index is 823. The van der Waals surface area contributed by atoms with Crippen LogP contribution in [0.3, 0.4) is 0 Å². The second-order valence-corrected chi connectivity index (χ2v) is 5.38. The molecule has 3 aromatic rings. The average Bonchev–Trinajstić information content (AvgIpc) is 3.01. The molecule has 0 aliphatic heterocycles. The van der Waals surface area contributed by atoms with Crippen molar-refractivity contribution >= 4 is 23.1 Å². The van der Waals surface area contributed by atoms with Crippen LogP contribution in [0.15, 0.2) is 53.2 Å². The smallest absolute Gasteiger partial charge is 0.275 e. The van der Waals surface area contributed by atoms with Gasteiger partial charge in [-0.3, -0.25) is 4.79 Å². The minimum Gasteiger partial charge on any atom is -0.360 e.